The number of aromatic nitrogens is 2. The highest BCUT2D eigenvalue weighted by atomic mass is 16.5. The first kappa shape index (κ1) is 19.3. The van der Waals surface area contributed by atoms with Crippen molar-refractivity contribution in [2.75, 3.05) is 44.8 Å². The second kappa shape index (κ2) is 8.48. The fraction of sp³-hybridized carbons (Fsp3) is 0.476. The van der Waals surface area contributed by atoms with E-state index in [1.165, 1.54) is 16.7 Å². The Morgan fingerprint density at radius 3 is 2.44 bits per heavy atom. The third kappa shape index (κ3) is 4.45. The Balaban J connectivity index is 1.83. The summed E-state index contributed by atoms with van der Waals surface area (Å²) in [6, 6.07) is 8.44. The summed E-state index contributed by atoms with van der Waals surface area (Å²) in [5.74, 6) is 1.84. The van der Waals surface area contributed by atoms with E-state index >= 15 is 0 Å². The molecule has 2 aromatic rings. The number of hydrogen-bond donors (Lipinski definition) is 0. The van der Waals surface area contributed by atoms with Crippen LogP contribution in [0.25, 0.3) is 0 Å². The molecule has 1 fully saturated rings. The highest BCUT2D eigenvalue weighted by Gasteiger charge is 2.24. The number of hydrogen-bond acceptors (Lipinski definition) is 5. The fourth-order valence-corrected chi connectivity index (χ4v) is 3.57. The van der Waals surface area contributed by atoms with Crippen LogP contribution in [0.1, 0.15) is 28.2 Å². The molecule has 2 heterocycles. The first-order chi connectivity index (χ1) is 13.0. The summed E-state index contributed by atoms with van der Waals surface area (Å²) in [6.45, 7) is 9.20. The molecule has 1 amide bonds. The van der Waals surface area contributed by atoms with Gasteiger partial charge >= 0.3 is 0 Å². The van der Waals surface area contributed by atoms with E-state index in [0.717, 1.165) is 36.8 Å². The lowest BCUT2D eigenvalue weighted by Gasteiger charge is -2.36. The first-order valence-electron chi connectivity index (χ1n) is 9.40. The van der Waals surface area contributed by atoms with Gasteiger partial charge in [-0.1, -0.05) is 24.3 Å². The van der Waals surface area contributed by atoms with Gasteiger partial charge in [0.1, 0.15) is 18.2 Å². The van der Waals surface area contributed by atoms with Gasteiger partial charge in [-0.3, -0.25) is 4.79 Å². The van der Waals surface area contributed by atoms with Gasteiger partial charge in [0.15, 0.2) is 0 Å². The summed E-state index contributed by atoms with van der Waals surface area (Å²) >= 11 is 0. The Bertz CT molecular complexity index is 814. The minimum atomic E-state index is 0.0485. The molecule has 6 nitrogen and oxygen atoms in total. The molecule has 0 radical (unpaired) electrons. The van der Waals surface area contributed by atoms with Crippen LogP contribution >= 0.6 is 0 Å². The molecule has 0 N–H and O–H groups in total. The van der Waals surface area contributed by atoms with Crippen LogP contribution in [0.2, 0.25) is 0 Å². The van der Waals surface area contributed by atoms with Crippen LogP contribution in [0.5, 0.6) is 0 Å². The molecule has 1 aliphatic rings. The van der Waals surface area contributed by atoms with E-state index in [-0.39, 0.29) is 12.5 Å². The van der Waals surface area contributed by atoms with Crippen molar-refractivity contribution in [2.45, 2.75) is 27.2 Å². The number of ether oxygens (including phenoxy) is 1. The van der Waals surface area contributed by atoms with Gasteiger partial charge < -0.3 is 14.5 Å². The van der Waals surface area contributed by atoms with Crippen molar-refractivity contribution in [1.82, 2.24) is 14.9 Å². The molecular formula is C21H28N4O2. The summed E-state index contributed by atoms with van der Waals surface area (Å²) in [5, 5.41) is 0. The number of aryl methyl sites for hydroxylation is 3. The van der Waals surface area contributed by atoms with Crippen molar-refractivity contribution < 1.29 is 9.53 Å². The van der Waals surface area contributed by atoms with Crippen LogP contribution in [0.4, 0.5) is 5.82 Å². The summed E-state index contributed by atoms with van der Waals surface area (Å²) < 4.78 is 4.97. The average Bonchev–Trinajstić information content (AvgIpc) is 2.65. The summed E-state index contributed by atoms with van der Waals surface area (Å²) in [4.78, 5) is 25.6. The standard InChI is InChI=1S/C21H28N4O2/c1-15-7-5-6-8-18(15)13-19-16(2)22-17(3)23-21(19)25-11-9-24(10-12-25)20(26)14-27-4/h5-8H,9-14H2,1-4H3. The minimum absolute atomic E-state index is 0.0485. The van der Waals surface area contributed by atoms with E-state index in [1.807, 2.05) is 11.8 Å². The topological polar surface area (TPSA) is 58.6 Å². The molecule has 27 heavy (non-hydrogen) atoms. The van der Waals surface area contributed by atoms with Gasteiger partial charge in [-0.15, -0.1) is 0 Å². The zero-order chi connectivity index (χ0) is 19.4. The number of amides is 1. The Labute approximate surface area is 161 Å². The van der Waals surface area contributed by atoms with E-state index in [2.05, 4.69) is 48.0 Å². The molecule has 6 heteroatoms. The van der Waals surface area contributed by atoms with E-state index in [9.17, 15) is 4.79 Å². The van der Waals surface area contributed by atoms with Crippen LogP contribution in [0, 0.1) is 20.8 Å². The van der Waals surface area contributed by atoms with Crippen LogP contribution in [-0.2, 0) is 16.0 Å². The molecule has 0 aliphatic carbocycles. The molecular weight excluding hydrogens is 340 g/mol. The quantitative estimate of drug-likeness (QED) is 0.810. The van der Waals surface area contributed by atoms with E-state index < -0.39 is 0 Å². The minimum Gasteiger partial charge on any atom is -0.375 e. The van der Waals surface area contributed by atoms with Crippen molar-refractivity contribution in [1.29, 1.82) is 0 Å². The van der Waals surface area contributed by atoms with Crippen molar-refractivity contribution >= 4 is 11.7 Å². The first-order valence-corrected chi connectivity index (χ1v) is 9.40. The number of carbonyl (C=O) groups is 1. The van der Waals surface area contributed by atoms with Gasteiger partial charge in [0.25, 0.3) is 0 Å². The number of nitrogens with zero attached hydrogens (tertiary/aromatic N) is 4. The third-order valence-corrected chi connectivity index (χ3v) is 5.13. The SMILES string of the molecule is COCC(=O)N1CCN(c2nc(C)nc(C)c2Cc2ccccc2C)CC1. The Morgan fingerprint density at radius 1 is 1.07 bits per heavy atom. The normalized spacial score (nSPS) is 14.5. The zero-order valence-electron chi connectivity index (χ0n) is 16.7. The predicted octanol–water partition coefficient (Wildman–Crippen LogP) is 2.29. The highest BCUT2D eigenvalue weighted by Crippen LogP contribution is 2.26. The molecule has 1 aromatic carbocycles. The maximum Gasteiger partial charge on any atom is 0.248 e. The van der Waals surface area contributed by atoms with Gasteiger partial charge in [-0.05, 0) is 31.9 Å². The summed E-state index contributed by atoms with van der Waals surface area (Å²) in [6.07, 6.45) is 0.816. The van der Waals surface area contributed by atoms with Gasteiger partial charge in [-0.25, -0.2) is 9.97 Å². The van der Waals surface area contributed by atoms with Gasteiger partial charge in [0.2, 0.25) is 5.91 Å². The molecule has 0 atom stereocenters. The molecule has 3 rings (SSSR count). The maximum absolute atomic E-state index is 12.1. The number of carbonyl (C=O) groups excluding carboxylic acids is 1. The van der Waals surface area contributed by atoms with Crippen LogP contribution < -0.4 is 4.90 Å². The summed E-state index contributed by atoms with van der Waals surface area (Å²) in [7, 11) is 1.55. The Morgan fingerprint density at radius 2 is 1.78 bits per heavy atom. The van der Waals surface area contributed by atoms with Gasteiger partial charge in [0.05, 0.1) is 0 Å². The molecule has 0 unspecified atom stereocenters. The second-order valence-electron chi connectivity index (χ2n) is 7.06. The molecule has 0 bridgehead atoms. The zero-order valence-corrected chi connectivity index (χ0v) is 16.7. The number of piperazine rings is 1. The summed E-state index contributed by atoms with van der Waals surface area (Å²) in [5.41, 5.74) is 4.77. The third-order valence-electron chi connectivity index (χ3n) is 5.13. The molecule has 1 saturated heterocycles. The Kier molecular flexibility index (Phi) is 6.06. The number of benzene rings is 1. The van der Waals surface area contributed by atoms with Gasteiger partial charge in [0, 0.05) is 51.0 Å². The molecule has 144 valence electrons. The van der Waals surface area contributed by atoms with Crippen molar-refractivity contribution in [2.24, 2.45) is 0 Å². The molecule has 0 spiro atoms. The fourth-order valence-electron chi connectivity index (χ4n) is 3.57. The lowest BCUT2D eigenvalue weighted by Crippen LogP contribution is -2.50. The average molecular weight is 368 g/mol. The van der Waals surface area contributed by atoms with Crippen molar-refractivity contribution in [3.05, 3.63) is 52.5 Å². The van der Waals surface area contributed by atoms with Crippen molar-refractivity contribution in [3.8, 4) is 0 Å². The van der Waals surface area contributed by atoms with E-state index in [4.69, 9.17) is 9.72 Å². The number of rotatable bonds is 5. The van der Waals surface area contributed by atoms with Crippen molar-refractivity contribution in [3.63, 3.8) is 0 Å². The largest absolute Gasteiger partial charge is 0.375 e. The van der Waals surface area contributed by atoms with Crippen LogP contribution in [0.3, 0.4) is 0 Å². The van der Waals surface area contributed by atoms with E-state index in [0.29, 0.717) is 13.1 Å². The highest BCUT2D eigenvalue weighted by molar-refractivity contribution is 5.77. The van der Waals surface area contributed by atoms with E-state index in [1.54, 1.807) is 7.11 Å². The molecule has 1 aromatic heterocycles. The lowest BCUT2D eigenvalue weighted by atomic mass is 9.99. The number of methoxy groups -OCH3 is 1. The number of anilines is 1. The molecule has 0 saturated carbocycles. The molecule has 1 aliphatic heterocycles. The lowest BCUT2D eigenvalue weighted by molar-refractivity contribution is -0.135. The maximum atomic E-state index is 12.1. The van der Waals surface area contributed by atoms with Gasteiger partial charge in [-0.2, -0.15) is 0 Å². The predicted molar refractivity (Wildman–Crippen MR) is 106 cm³/mol. The smallest absolute Gasteiger partial charge is 0.248 e. The van der Waals surface area contributed by atoms with Crippen LogP contribution in [0.15, 0.2) is 24.3 Å². The monoisotopic (exact) mass is 368 g/mol. The Hall–Kier alpha value is -2.47. The second-order valence-corrected chi connectivity index (χ2v) is 7.06. The van der Waals surface area contributed by atoms with Crippen LogP contribution in [-0.4, -0.2) is 60.7 Å².